The summed E-state index contributed by atoms with van der Waals surface area (Å²) in [6.07, 6.45) is 0.374. The van der Waals surface area contributed by atoms with Crippen LogP contribution in [0.2, 0.25) is 0 Å². The van der Waals surface area contributed by atoms with Crippen molar-refractivity contribution in [3.05, 3.63) is 83.5 Å². The minimum absolute atomic E-state index is 0.0129. The molecule has 8 heteroatoms. The Morgan fingerprint density at radius 1 is 1.31 bits per heavy atom. The molecule has 2 heterocycles. The van der Waals surface area contributed by atoms with Gasteiger partial charge in [0.15, 0.2) is 6.04 Å². The number of nitrogens with one attached hydrogen (secondary N) is 1. The molecule has 0 aliphatic carbocycles. The van der Waals surface area contributed by atoms with E-state index < -0.39 is 11.9 Å². The Labute approximate surface area is 185 Å². The number of hydrogen-bond acceptors (Lipinski definition) is 5. The molecular weight excluding hydrogens is 406 g/mol. The molecule has 1 aliphatic rings. The second-order valence-electron chi connectivity index (χ2n) is 7.38. The third kappa shape index (κ3) is 4.52. The van der Waals surface area contributed by atoms with Crippen LogP contribution < -0.4 is 15.8 Å². The lowest BCUT2D eigenvalue weighted by atomic mass is 10.1. The molecule has 1 aromatic heterocycles. The van der Waals surface area contributed by atoms with Gasteiger partial charge in [-0.05, 0) is 36.3 Å². The maximum atomic E-state index is 13.1. The molecule has 0 spiro atoms. The first kappa shape index (κ1) is 20.9. The largest absolute Gasteiger partial charge is 0.489 e. The van der Waals surface area contributed by atoms with Gasteiger partial charge in [-0.25, -0.2) is 9.67 Å². The van der Waals surface area contributed by atoms with Gasteiger partial charge in [0.25, 0.3) is 11.8 Å². The topological polar surface area (TPSA) is 112 Å². The van der Waals surface area contributed by atoms with Crippen LogP contribution in [0.5, 0.6) is 5.75 Å². The molecule has 0 bridgehead atoms. The number of allylic oxidation sites excluding steroid dienone is 1. The van der Waals surface area contributed by atoms with E-state index in [9.17, 15) is 9.59 Å². The van der Waals surface area contributed by atoms with Gasteiger partial charge < -0.3 is 15.8 Å². The van der Waals surface area contributed by atoms with Crippen molar-refractivity contribution in [3.63, 3.8) is 0 Å². The van der Waals surface area contributed by atoms with Crippen LogP contribution in [0, 0.1) is 11.8 Å². The van der Waals surface area contributed by atoms with Crippen LogP contribution in [0.25, 0.3) is 0 Å². The standard InChI is InChI=1S/C24H21N5O3/c1-15(2)8-9-17-10-11-20-18(12-17)26-24(31)19(14-32-20)29-21(27-23(28-29)22(25)30)13-16-6-4-3-5-7-16/h3-7,10-12,19H,1,13-14H2,2H3,(H2,25,30)(H,26,31)/t19-/m0/s1. The summed E-state index contributed by atoms with van der Waals surface area (Å²) in [5.41, 5.74) is 8.31. The third-order valence-corrected chi connectivity index (χ3v) is 4.78. The van der Waals surface area contributed by atoms with Crippen LogP contribution in [-0.4, -0.2) is 33.2 Å². The fraction of sp³-hybridized carbons (Fsp3) is 0.167. The van der Waals surface area contributed by atoms with Crippen molar-refractivity contribution in [1.29, 1.82) is 0 Å². The zero-order chi connectivity index (χ0) is 22.7. The molecular formula is C24H21N5O3. The lowest BCUT2D eigenvalue weighted by Crippen LogP contribution is -2.31. The van der Waals surface area contributed by atoms with Crippen LogP contribution in [0.4, 0.5) is 5.69 Å². The molecule has 3 N–H and O–H groups in total. The number of aromatic nitrogens is 3. The van der Waals surface area contributed by atoms with Crippen molar-refractivity contribution >= 4 is 17.5 Å². The summed E-state index contributed by atoms with van der Waals surface area (Å²) in [7, 11) is 0. The van der Waals surface area contributed by atoms with Crippen molar-refractivity contribution in [2.75, 3.05) is 11.9 Å². The van der Waals surface area contributed by atoms with E-state index in [0.29, 0.717) is 23.7 Å². The van der Waals surface area contributed by atoms with Gasteiger partial charge in [0.05, 0.1) is 5.69 Å². The molecule has 32 heavy (non-hydrogen) atoms. The SMILES string of the molecule is C=C(C)C#Cc1ccc2c(c1)NC(=O)[C@@H](n1nc(C(N)=O)nc1Cc1ccccc1)CO2. The Kier molecular flexibility index (Phi) is 5.73. The van der Waals surface area contributed by atoms with Gasteiger partial charge in [-0.15, -0.1) is 5.10 Å². The van der Waals surface area contributed by atoms with E-state index in [1.165, 1.54) is 4.68 Å². The zero-order valence-electron chi connectivity index (χ0n) is 17.5. The molecule has 0 saturated carbocycles. The minimum Gasteiger partial charge on any atom is -0.489 e. The van der Waals surface area contributed by atoms with Gasteiger partial charge >= 0.3 is 0 Å². The number of nitrogens with two attached hydrogens (primary N) is 1. The monoisotopic (exact) mass is 427 g/mol. The highest BCUT2D eigenvalue weighted by molar-refractivity contribution is 5.96. The van der Waals surface area contributed by atoms with Crippen molar-refractivity contribution in [3.8, 4) is 17.6 Å². The average Bonchev–Trinajstić information content (AvgIpc) is 3.10. The molecule has 160 valence electrons. The quantitative estimate of drug-likeness (QED) is 0.621. The maximum Gasteiger partial charge on any atom is 0.288 e. The third-order valence-electron chi connectivity index (χ3n) is 4.78. The molecule has 0 saturated heterocycles. The van der Waals surface area contributed by atoms with Crippen LogP contribution in [0.1, 0.15) is 40.5 Å². The van der Waals surface area contributed by atoms with Gasteiger partial charge in [0, 0.05) is 12.0 Å². The Bertz CT molecular complexity index is 1270. The second kappa shape index (κ2) is 8.78. The first-order valence-electron chi connectivity index (χ1n) is 9.95. The van der Waals surface area contributed by atoms with Crippen molar-refractivity contribution < 1.29 is 14.3 Å². The number of hydrogen-bond donors (Lipinski definition) is 2. The van der Waals surface area contributed by atoms with E-state index in [-0.39, 0.29) is 18.3 Å². The molecule has 8 nitrogen and oxygen atoms in total. The number of carbonyl (C=O) groups is 2. The fourth-order valence-corrected chi connectivity index (χ4v) is 3.26. The highest BCUT2D eigenvalue weighted by Gasteiger charge is 2.30. The van der Waals surface area contributed by atoms with E-state index in [1.54, 1.807) is 12.1 Å². The van der Waals surface area contributed by atoms with E-state index in [2.05, 4.69) is 33.8 Å². The molecule has 0 unspecified atom stereocenters. The molecule has 0 radical (unpaired) electrons. The minimum atomic E-state index is -0.841. The number of rotatable bonds is 4. The summed E-state index contributed by atoms with van der Waals surface area (Å²) in [5.74, 6) is 5.59. The van der Waals surface area contributed by atoms with Gasteiger partial charge in [-0.2, -0.15) is 0 Å². The average molecular weight is 427 g/mol. The molecule has 2 aromatic carbocycles. The highest BCUT2D eigenvalue weighted by Crippen LogP contribution is 2.30. The smallest absolute Gasteiger partial charge is 0.288 e. The highest BCUT2D eigenvalue weighted by atomic mass is 16.5. The first-order chi connectivity index (χ1) is 15.4. The predicted octanol–water partition coefficient (Wildman–Crippen LogP) is 2.47. The summed E-state index contributed by atoms with van der Waals surface area (Å²) in [6.45, 7) is 5.59. The Hall–Kier alpha value is -4.38. The second-order valence-corrected chi connectivity index (χ2v) is 7.38. The number of nitrogens with zero attached hydrogens (tertiary/aromatic N) is 3. The van der Waals surface area contributed by atoms with Gasteiger partial charge in [0.1, 0.15) is 18.2 Å². The van der Waals surface area contributed by atoms with E-state index in [4.69, 9.17) is 10.5 Å². The summed E-state index contributed by atoms with van der Waals surface area (Å²) >= 11 is 0. The Morgan fingerprint density at radius 2 is 2.09 bits per heavy atom. The normalized spacial score (nSPS) is 14.8. The molecule has 4 rings (SSSR count). The first-order valence-corrected chi connectivity index (χ1v) is 9.95. The summed E-state index contributed by atoms with van der Waals surface area (Å²) in [6, 6.07) is 14.0. The fourth-order valence-electron chi connectivity index (χ4n) is 3.26. The van der Waals surface area contributed by atoms with Gasteiger partial charge in [0.2, 0.25) is 5.82 Å². The Balaban J connectivity index is 1.65. The maximum absolute atomic E-state index is 13.1. The van der Waals surface area contributed by atoms with Crippen LogP contribution >= 0.6 is 0 Å². The molecule has 1 aliphatic heterocycles. The lowest BCUT2D eigenvalue weighted by Gasteiger charge is -2.15. The van der Waals surface area contributed by atoms with Gasteiger partial charge in [-0.1, -0.05) is 48.8 Å². The number of carbonyl (C=O) groups excluding carboxylic acids is 2. The number of anilines is 1. The predicted molar refractivity (Wildman–Crippen MR) is 119 cm³/mol. The van der Waals surface area contributed by atoms with Crippen LogP contribution in [0.3, 0.4) is 0 Å². The summed E-state index contributed by atoms with van der Waals surface area (Å²) in [5, 5.41) is 7.08. The van der Waals surface area contributed by atoms with Crippen LogP contribution in [-0.2, 0) is 11.2 Å². The lowest BCUT2D eigenvalue weighted by molar-refractivity contribution is -0.120. The number of fused-ring (bicyclic) bond motifs is 1. The molecule has 3 aromatic rings. The zero-order valence-corrected chi connectivity index (χ0v) is 17.5. The van der Waals surface area contributed by atoms with E-state index >= 15 is 0 Å². The number of amides is 2. The molecule has 0 fully saturated rings. The van der Waals surface area contributed by atoms with E-state index in [1.807, 2.05) is 43.3 Å². The van der Waals surface area contributed by atoms with Gasteiger partial charge in [-0.3, -0.25) is 9.59 Å². The van der Waals surface area contributed by atoms with Crippen LogP contribution in [0.15, 0.2) is 60.7 Å². The van der Waals surface area contributed by atoms with E-state index in [0.717, 1.165) is 16.7 Å². The van der Waals surface area contributed by atoms with Crippen molar-refractivity contribution in [2.24, 2.45) is 5.73 Å². The Morgan fingerprint density at radius 3 is 2.81 bits per heavy atom. The number of primary amides is 1. The summed E-state index contributed by atoms with van der Waals surface area (Å²) < 4.78 is 7.30. The summed E-state index contributed by atoms with van der Waals surface area (Å²) in [4.78, 5) is 29.1. The van der Waals surface area contributed by atoms with Crippen molar-refractivity contribution in [2.45, 2.75) is 19.4 Å². The number of benzene rings is 2. The van der Waals surface area contributed by atoms with Crippen molar-refractivity contribution in [1.82, 2.24) is 14.8 Å². The molecule has 1 atom stereocenters. The number of ether oxygens (including phenoxy) is 1. The molecule has 2 amide bonds.